The van der Waals surface area contributed by atoms with Gasteiger partial charge in [0.2, 0.25) is 0 Å². The van der Waals surface area contributed by atoms with Crippen LogP contribution in [-0.4, -0.2) is 6.71 Å². The summed E-state index contributed by atoms with van der Waals surface area (Å²) in [5, 5.41) is 0.0225. The van der Waals surface area contributed by atoms with Gasteiger partial charge < -0.3 is 0 Å². The van der Waals surface area contributed by atoms with Crippen molar-refractivity contribution in [1.82, 2.24) is 0 Å². The van der Waals surface area contributed by atoms with Gasteiger partial charge in [0, 0.05) is 0 Å². The van der Waals surface area contributed by atoms with Crippen LogP contribution in [0.3, 0.4) is 0 Å². The van der Waals surface area contributed by atoms with Gasteiger partial charge in [-0.2, -0.15) is 0 Å². The molecular weight excluding hydrogens is 251 g/mol. The Balaban J connectivity index is 3.36. The van der Waals surface area contributed by atoms with Gasteiger partial charge in [-0.3, -0.25) is 0 Å². The van der Waals surface area contributed by atoms with Gasteiger partial charge in [0.05, 0.1) is 0 Å². The van der Waals surface area contributed by atoms with E-state index in [1.54, 1.807) is 0 Å². The predicted molar refractivity (Wildman–Crippen MR) is 98.3 cm³/mol. The van der Waals surface area contributed by atoms with Crippen molar-refractivity contribution in [3.05, 3.63) is 48.6 Å². The summed E-state index contributed by atoms with van der Waals surface area (Å²) in [6, 6.07) is 10.9. The quantitative estimate of drug-likeness (QED) is 0.409. The molecule has 116 valence electrons. The largest absolute Gasteiger partial charge is 0.163 e. The third-order valence-electron chi connectivity index (χ3n) is 5.75. The molecule has 21 heavy (non-hydrogen) atoms. The lowest BCUT2D eigenvalue weighted by molar-refractivity contribution is 0.538. The zero-order valence-electron chi connectivity index (χ0n) is 15.1. The minimum atomic E-state index is 0.0225. The van der Waals surface area contributed by atoms with E-state index < -0.39 is 0 Å². The number of hydrogen-bond acceptors (Lipinski definition) is 0. The van der Waals surface area contributed by atoms with E-state index in [4.69, 9.17) is 0 Å². The molecule has 0 radical (unpaired) electrons. The molecule has 0 saturated heterocycles. The Labute approximate surface area is 133 Å². The Bertz CT molecular complexity index is 420. The van der Waals surface area contributed by atoms with E-state index in [-0.39, 0.29) is 5.31 Å². The second-order valence-electron chi connectivity index (χ2n) is 7.58. The molecule has 0 fully saturated rings. The van der Waals surface area contributed by atoms with E-state index >= 15 is 0 Å². The Morgan fingerprint density at radius 2 is 1.33 bits per heavy atom. The number of rotatable bonds is 7. The van der Waals surface area contributed by atoms with Crippen molar-refractivity contribution in [2.24, 2.45) is 11.8 Å². The maximum Gasteiger partial charge on any atom is 0.163 e. The molecule has 0 aliphatic rings. The highest BCUT2D eigenvalue weighted by atomic mass is 14.3. The first-order chi connectivity index (χ1) is 9.75. The molecule has 0 saturated carbocycles. The summed E-state index contributed by atoms with van der Waals surface area (Å²) >= 11 is 0. The molecule has 0 aliphatic carbocycles. The van der Waals surface area contributed by atoms with Crippen LogP contribution in [0.15, 0.2) is 43.0 Å². The Hall–Kier alpha value is -0.975. The zero-order chi connectivity index (χ0) is 16.2. The van der Waals surface area contributed by atoms with Gasteiger partial charge in [0.1, 0.15) is 0 Å². The Morgan fingerprint density at radius 1 is 0.905 bits per heavy atom. The number of hydrogen-bond donors (Lipinski definition) is 0. The Kier molecular flexibility index (Phi) is 6.32. The van der Waals surface area contributed by atoms with Crippen molar-refractivity contribution in [3.63, 3.8) is 0 Å². The average Bonchev–Trinajstić information content (AvgIpc) is 2.47. The van der Waals surface area contributed by atoms with Crippen LogP contribution in [0.4, 0.5) is 0 Å². The fourth-order valence-corrected chi connectivity index (χ4v) is 3.64. The molecule has 3 atom stereocenters. The molecule has 3 unspecified atom stereocenters. The van der Waals surface area contributed by atoms with Crippen LogP contribution in [0.25, 0.3) is 0 Å². The fraction of sp³-hybridized carbons (Fsp3) is 0.600. The zero-order valence-corrected chi connectivity index (χ0v) is 15.1. The van der Waals surface area contributed by atoms with Gasteiger partial charge in [0.25, 0.3) is 0 Å². The molecule has 0 aliphatic heterocycles. The van der Waals surface area contributed by atoms with Gasteiger partial charge in [-0.25, -0.2) is 0 Å². The summed E-state index contributed by atoms with van der Waals surface area (Å²) in [4.78, 5) is 0. The standard InChI is InChI=1S/C20H33B/c1-9-20(8,19-13-11-10-12-14-19)21(17(6)15(2)3)18(7)16(4)5/h9-18H,1H2,2-8H3. The third kappa shape index (κ3) is 3.81. The van der Waals surface area contributed by atoms with Gasteiger partial charge in [-0.1, -0.05) is 108 Å². The number of allylic oxidation sites excluding steroid dienone is 1. The van der Waals surface area contributed by atoms with Gasteiger partial charge in [-0.05, 0) is 10.9 Å². The van der Waals surface area contributed by atoms with Crippen LogP contribution in [0.1, 0.15) is 54.0 Å². The molecule has 1 aromatic carbocycles. The highest BCUT2D eigenvalue weighted by Gasteiger charge is 2.44. The van der Waals surface area contributed by atoms with Gasteiger partial charge >= 0.3 is 0 Å². The van der Waals surface area contributed by atoms with E-state index in [1.165, 1.54) is 5.56 Å². The van der Waals surface area contributed by atoms with Crippen LogP contribution < -0.4 is 0 Å². The van der Waals surface area contributed by atoms with E-state index in [1.807, 2.05) is 0 Å². The summed E-state index contributed by atoms with van der Waals surface area (Å²) in [6.07, 6.45) is 2.19. The van der Waals surface area contributed by atoms with E-state index in [2.05, 4.69) is 91.5 Å². The highest BCUT2D eigenvalue weighted by molar-refractivity contribution is 6.66. The third-order valence-corrected chi connectivity index (χ3v) is 5.75. The van der Waals surface area contributed by atoms with Crippen molar-refractivity contribution in [3.8, 4) is 0 Å². The summed E-state index contributed by atoms with van der Waals surface area (Å²) < 4.78 is 0. The molecule has 0 aromatic heterocycles. The second kappa shape index (κ2) is 7.34. The minimum Gasteiger partial charge on any atom is -0.103 e. The maximum atomic E-state index is 4.21. The summed E-state index contributed by atoms with van der Waals surface area (Å²) in [5.74, 6) is 2.68. The molecule has 0 heterocycles. The van der Waals surface area contributed by atoms with Gasteiger partial charge in [-0.15, -0.1) is 6.58 Å². The first kappa shape index (κ1) is 18.1. The van der Waals surface area contributed by atoms with E-state index in [0.717, 1.165) is 0 Å². The molecule has 1 rings (SSSR count). The average molecular weight is 284 g/mol. The first-order valence-electron chi connectivity index (χ1n) is 8.44. The predicted octanol–water partition coefficient (Wildman–Crippen LogP) is 6.26. The first-order valence-corrected chi connectivity index (χ1v) is 8.44. The van der Waals surface area contributed by atoms with Crippen molar-refractivity contribution in [1.29, 1.82) is 0 Å². The van der Waals surface area contributed by atoms with Crippen molar-refractivity contribution < 1.29 is 0 Å². The summed E-state index contributed by atoms with van der Waals surface area (Å²) in [5.41, 5.74) is 1.39. The lowest BCUT2D eigenvalue weighted by Crippen LogP contribution is -2.47. The monoisotopic (exact) mass is 284 g/mol. The molecule has 1 aromatic rings. The lowest BCUT2D eigenvalue weighted by Gasteiger charge is -2.43. The van der Waals surface area contributed by atoms with E-state index in [9.17, 15) is 0 Å². The molecule has 0 nitrogen and oxygen atoms in total. The SMILES string of the molecule is C=CC(C)(B(C(C)C(C)C)C(C)C(C)C)c1ccccc1. The van der Waals surface area contributed by atoms with Crippen LogP contribution in [-0.2, 0) is 5.31 Å². The fourth-order valence-electron chi connectivity index (χ4n) is 3.64. The molecular formula is C20H33B. The van der Waals surface area contributed by atoms with E-state index in [0.29, 0.717) is 30.2 Å². The molecule has 0 amide bonds. The van der Waals surface area contributed by atoms with Crippen molar-refractivity contribution in [2.45, 2.75) is 65.4 Å². The van der Waals surface area contributed by atoms with Crippen molar-refractivity contribution in [2.75, 3.05) is 0 Å². The summed E-state index contributed by atoms with van der Waals surface area (Å²) in [6.45, 7) is 21.4. The minimum absolute atomic E-state index is 0.0225. The molecule has 0 bridgehead atoms. The Morgan fingerprint density at radius 3 is 1.67 bits per heavy atom. The normalized spacial score (nSPS) is 17.4. The van der Waals surface area contributed by atoms with Gasteiger partial charge in [0.15, 0.2) is 6.71 Å². The summed E-state index contributed by atoms with van der Waals surface area (Å²) in [7, 11) is 0. The second-order valence-corrected chi connectivity index (χ2v) is 7.58. The lowest BCUT2D eigenvalue weighted by atomic mass is 9.20. The number of benzene rings is 1. The molecule has 0 spiro atoms. The molecule has 0 N–H and O–H groups in total. The highest BCUT2D eigenvalue weighted by Crippen LogP contribution is 2.44. The maximum absolute atomic E-state index is 4.21. The van der Waals surface area contributed by atoms with Crippen LogP contribution in [0.5, 0.6) is 0 Å². The molecule has 1 heteroatoms. The van der Waals surface area contributed by atoms with Crippen LogP contribution >= 0.6 is 0 Å². The van der Waals surface area contributed by atoms with Crippen LogP contribution in [0.2, 0.25) is 11.6 Å². The van der Waals surface area contributed by atoms with Crippen LogP contribution in [0, 0.1) is 11.8 Å². The smallest absolute Gasteiger partial charge is 0.103 e. The van der Waals surface area contributed by atoms with Crippen molar-refractivity contribution >= 4 is 6.71 Å². The topological polar surface area (TPSA) is 0 Å².